The summed E-state index contributed by atoms with van der Waals surface area (Å²) in [6.45, 7) is 3.13. The summed E-state index contributed by atoms with van der Waals surface area (Å²) in [7, 11) is 1.78. The highest BCUT2D eigenvalue weighted by Crippen LogP contribution is 2.24. The van der Waals surface area contributed by atoms with Crippen LogP contribution in [0.3, 0.4) is 0 Å². The highest BCUT2D eigenvalue weighted by atomic mass is 19.1. The number of unbranched alkanes of at least 4 members (excludes halogenated alkanes) is 1. The Morgan fingerprint density at radius 3 is 2.63 bits per heavy atom. The van der Waals surface area contributed by atoms with E-state index in [1.165, 1.54) is 12.4 Å². The van der Waals surface area contributed by atoms with Crippen molar-refractivity contribution >= 4 is 11.8 Å². The SMILES string of the molecule is CCCC[C@H]1C(=O)N(C)CCN1C(=O)c1ccc(-c2ccncc2F)cc1. The first kappa shape index (κ1) is 19.0. The second-order valence-electron chi connectivity index (χ2n) is 6.85. The Morgan fingerprint density at radius 2 is 1.96 bits per heavy atom. The lowest BCUT2D eigenvalue weighted by molar-refractivity contribution is -0.138. The van der Waals surface area contributed by atoms with Gasteiger partial charge < -0.3 is 9.80 Å². The number of carbonyl (C=O) groups is 2. The number of aromatic nitrogens is 1. The van der Waals surface area contributed by atoms with Gasteiger partial charge in [-0.1, -0.05) is 31.9 Å². The Kier molecular flexibility index (Phi) is 5.84. The standard InChI is InChI=1S/C21H24FN3O2/c1-3-4-5-19-21(27)24(2)12-13-25(19)20(26)16-8-6-15(7-9-16)17-10-11-23-14-18(17)22/h6-11,14,19H,3-5,12-13H2,1-2H3/t19-/m0/s1. The molecule has 1 saturated heterocycles. The first-order valence-electron chi connectivity index (χ1n) is 9.28. The highest BCUT2D eigenvalue weighted by Gasteiger charge is 2.35. The minimum Gasteiger partial charge on any atom is -0.342 e. The van der Waals surface area contributed by atoms with Crippen LogP contribution in [0.15, 0.2) is 42.7 Å². The Bertz CT molecular complexity index is 822. The minimum absolute atomic E-state index is 0.00136. The lowest BCUT2D eigenvalue weighted by atomic mass is 10.0. The first-order chi connectivity index (χ1) is 13.0. The van der Waals surface area contributed by atoms with Gasteiger partial charge in [-0.2, -0.15) is 0 Å². The van der Waals surface area contributed by atoms with E-state index in [0.717, 1.165) is 12.8 Å². The summed E-state index contributed by atoms with van der Waals surface area (Å²) in [4.78, 5) is 32.7. The van der Waals surface area contributed by atoms with Crippen molar-refractivity contribution in [2.24, 2.45) is 0 Å². The van der Waals surface area contributed by atoms with Crippen LogP contribution in [0.4, 0.5) is 4.39 Å². The molecule has 1 atom stereocenters. The van der Waals surface area contributed by atoms with Crippen molar-refractivity contribution in [3.63, 3.8) is 0 Å². The van der Waals surface area contributed by atoms with Gasteiger partial charge in [-0.25, -0.2) is 4.39 Å². The van der Waals surface area contributed by atoms with Crippen LogP contribution in [0.5, 0.6) is 0 Å². The van der Waals surface area contributed by atoms with E-state index in [1.54, 1.807) is 47.2 Å². The molecule has 0 unspecified atom stereocenters. The number of hydrogen-bond acceptors (Lipinski definition) is 3. The third kappa shape index (κ3) is 3.99. The van der Waals surface area contributed by atoms with E-state index in [9.17, 15) is 14.0 Å². The molecule has 27 heavy (non-hydrogen) atoms. The summed E-state index contributed by atoms with van der Waals surface area (Å²) in [5.74, 6) is -0.557. The number of likely N-dealkylation sites (N-methyl/N-ethyl adjacent to an activating group) is 1. The van der Waals surface area contributed by atoms with Gasteiger partial charge in [0.15, 0.2) is 0 Å². The number of nitrogens with zero attached hydrogens (tertiary/aromatic N) is 3. The molecule has 0 saturated carbocycles. The molecule has 0 spiro atoms. The fraction of sp³-hybridized carbons (Fsp3) is 0.381. The predicted octanol–water partition coefficient (Wildman–Crippen LogP) is 3.36. The molecule has 1 aromatic heterocycles. The molecule has 6 heteroatoms. The molecule has 0 radical (unpaired) electrons. The number of rotatable bonds is 5. The van der Waals surface area contributed by atoms with Gasteiger partial charge in [-0.05, 0) is 30.2 Å². The van der Waals surface area contributed by atoms with E-state index in [4.69, 9.17) is 0 Å². The molecule has 1 fully saturated rings. The molecular weight excluding hydrogens is 345 g/mol. The summed E-state index contributed by atoms with van der Waals surface area (Å²) >= 11 is 0. The molecule has 2 heterocycles. The monoisotopic (exact) mass is 369 g/mol. The first-order valence-corrected chi connectivity index (χ1v) is 9.28. The molecule has 2 amide bonds. The molecule has 1 aromatic carbocycles. The molecule has 0 aliphatic carbocycles. The van der Waals surface area contributed by atoms with Crippen molar-refractivity contribution in [1.29, 1.82) is 0 Å². The summed E-state index contributed by atoms with van der Waals surface area (Å²) in [5, 5.41) is 0. The Hall–Kier alpha value is -2.76. The summed E-state index contributed by atoms with van der Waals surface area (Å²) < 4.78 is 13.9. The van der Waals surface area contributed by atoms with Gasteiger partial charge in [0.25, 0.3) is 5.91 Å². The Morgan fingerprint density at radius 1 is 1.22 bits per heavy atom. The van der Waals surface area contributed by atoms with Crippen LogP contribution >= 0.6 is 0 Å². The van der Waals surface area contributed by atoms with Gasteiger partial charge in [0, 0.05) is 37.5 Å². The van der Waals surface area contributed by atoms with Crippen LogP contribution < -0.4 is 0 Å². The number of piperazine rings is 1. The number of hydrogen-bond donors (Lipinski definition) is 0. The van der Waals surface area contributed by atoms with Crippen LogP contribution in [0.25, 0.3) is 11.1 Å². The van der Waals surface area contributed by atoms with Crippen molar-refractivity contribution in [3.05, 3.63) is 54.1 Å². The average molecular weight is 369 g/mol. The molecule has 3 rings (SSSR count). The number of benzene rings is 1. The van der Waals surface area contributed by atoms with E-state index in [-0.39, 0.29) is 11.8 Å². The van der Waals surface area contributed by atoms with E-state index >= 15 is 0 Å². The molecule has 142 valence electrons. The maximum absolute atomic E-state index is 13.9. The van der Waals surface area contributed by atoms with Crippen LogP contribution in [-0.2, 0) is 4.79 Å². The molecule has 0 N–H and O–H groups in total. The van der Waals surface area contributed by atoms with Crippen LogP contribution in [0.1, 0.15) is 36.5 Å². The maximum atomic E-state index is 13.9. The third-order valence-electron chi connectivity index (χ3n) is 5.02. The minimum atomic E-state index is -0.409. The van der Waals surface area contributed by atoms with E-state index in [1.807, 2.05) is 0 Å². The van der Waals surface area contributed by atoms with E-state index in [2.05, 4.69) is 11.9 Å². The quantitative estimate of drug-likeness (QED) is 0.812. The topological polar surface area (TPSA) is 53.5 Å². The van der Waals surface area contributed by atoms with Gasteiger partial charge in [-0.15, -0.1) is 0 Å². The normalized spacial score (nSPS) is 17.3. The molecular formula is C21H24FN3O2. The summed E-state index contributed by atoms with van der Waals surface area (Å²) in [6, 6.07) is 8.03. The molecule has 2 aromatic rings. The number of amides is 2. The third-order valence-corrected chi connectivity index (χ3v) is 5.02. The van der Waals surface area contributed by atoms with Gasteiger partial charge in [0.05, 0.1) is 6.20 Å². The average Bonchev–Trinajstić information content (AvgIpc) is 2.69. The van der Waals surface area contributed by atoms with Crippen molar-refractivity contribution in [2.45, 2.75) is 32.2 Å². The maximum Gasteiger partial charge on any atom is 0.254 e. The van der Waals surface area contributed by atoms with Crippen molar-refractivity contribution in [2.75, 3.05) is 20.1 Å². The fourth-order valence-electron chi connectivity index (χ4n) is 3.40. The van der Waals surface area contributed by atoms with Gasteiger partial charge >= 0.3 is 0 Å². The van der Waals surface area contributed by atoms with Crippen molar-refractivity contribution < 1.29 is 14.0 Å². The highest BCUT2D eigenvalue weighted by molar-refractivity contribution is 5.98. The zero-order valence-corrected chi connectivity index (χ0v) is 15.7. The lowest BCUT2D eigenvalue weighted by Gasteiger charge is -2.39. The van der Waals surface area contributed by atoms with Gasteiger partial charge in [0.1, 0.15) is 11.9 Å². The second kappa shape index (κ2) is 8.29. The number of pyridine rings is 1. The van der Waals surface area contributed by atoms with Crippen LogP contribution in [0.2, 0.25) is 0 Å². The predicted molar refractivity (Wildman–Crippen MR) is 102 cm³/mol. The zero-order chi connectivity index (χ0) is 19.4. The fourth-order valence-corrected chi connectivity index (χ4v) is 3.40. The molecule has 1 aliphatic heterocycles. The van der Waals surface area contributed by atoms with Gasteiger partial charge in [-0.3, -0.25) is 14.6 Å². The smallest absolute Gasteiger partial charge is 0.254 e. The van der Waals surface area contributed by atoms with Crippen molar-refractivity contribution in [1.82, 2.24) is 14.8 Å². The Labute approximate surface area is 158 Å². The largest absolute Gasteiger partial charge is 0.342 e. The van der Waals surface area contributed by atoms with Gasteiger partial charge in [0.2, 0.25) is 5.91 Å². The number of carbonyl (C=O) groups excluding carboxylic acids is 2. The molecule has 1 aliphatic rings. The Balaban J connectivity index is 1.82. The van der Waals surface area contributed by atoms with E-state index in [0.29, 0.717) is 36.2 Å². The summed E-state index contributed by atoms with van der Waals surface area (Å²) in [6.07, 6.45) is 5.25. The molecule has 5 nitrogen and oxygen atoms in total. The lowest BCUT2D eigenvalue weighted by Crippen LogP contribution is -2.57. The summed E-state index contributed by atoms with van der Waals surface area (Å²) in [5.41, 5.74) is 1.63. The zero-order valence-electron chi connectivity index (χ0n) is 15.7. The van der Waals surface area contributed by atoms with Crippen molar-refractivity contribution in [3.8, 4) is 11.1 Å². The second-order valence-corrected chi connectivity index (χ2v) is 6.85. The van der Waals surface area contributed by atoms with Crippen LogP contribution in [-0.4, -0.2) is 52.8 Å². The van der Waals surface area contributed by atoms with E-state index < -0.39 is 11.9 Å². The molecule has 0 bridgehead atoms. The number of halogens is 1. The van der Waals surface area contributed by atoms with Crippen LogP contribution in [0, 0.1) is 5.82 Å².